The number of nitrogens with zero attached hydrogens (tertiary/aromatic N) is 6. The highest BCUT2D eigenvalue weighted by molar-refractivity contribution is 6.76. The van der Waals surface area contributed by atoms with Crippen LogP contribution in [0.1, 0.15) is 97.8 Å². The van der Waals surface area contributed by atoms with E-state index >= 15 is 0 Å². The van der Waals surface area contributed by atoms with Gasteiger partial charge in [0.2, 0.25) is 0 Å². The molecule has 2 aliphatic rings. The molecule has 0 saturated carbocycles. The van der Waals surface area contributed by atoms with Gasteiger partial charge in [-0.3, -0.25) is 0 Å². The first kappa shape index (κ1) is 42.3. The molecule has 8 bridgehead atoms. The topological polar surface area (TPSA) is 118 Å². The molecule has 11 heteroatoms. The lowest BCUT2D eigenvalue weighted by atomic mass is 10.1. The zero-order valence-corrected chi connectivity index (χ0v) is 39.4. The van der Waals surface area contributed by atoms with E-state index in [0.717, 1.165) is 54.3 Å². The lowest BCUT2D eigenvalue weighted by Gasteiger charge is -2.31. The molecule has 9 nitrogen and oxygen atoms in total. The van der Waals surface area contributed by atoms with E-state index in [0.29, 0.717) is 45.9 Å². The summed E-state index contributed by atoms with van der Waals surface area (Å²) >= 11 is 0. The zero-order valence-electron chi connectivity index (χ0n) is 36.4. The van der Waals surface area contributed by atoms with E-state index in [-0.39, 0.29) is 0 Å². The van der Waals surface area contributed by atoms with Crippen molar-refractivity contribution in [2.75, 3.05) is 0 Å². The summed E-state index contributed by atoms with van der Waals surface area (Å²) in [5, 5.41) is 3.82. The Bertz CT molecular complexity index is 2410. The first-order chi connectivity index (χ1) is 30.0. The van der Waals surface area contributed by atoms with Gasteiger partial charge in [-0.1, -0.05) is 195 Å². The van der Waals surface area contributed by atoms with Crippen molar-refractivity contribution in [3.63, 3.8) is 0 Å². The zero-order chi connectivity index (χ0) is 42.0. The number of aromatic nitrogens is 8. The molecule has 0 spiro atoms. The van der Waals surface area contributed by atoms with Crippen LogP contribution in [0.5, 0.6) is 0 Å². The van der Waals surface area contributed by atoms with Crippen LogP contribution in [-0.2, 0) is 4.12 Å². The van der Waals surface area contributed by atoms with Crippen LogP contribution in [0, 0.1) is 0 Å². The van der Waals surface area contributed by atoms with Crippen LogP contribution in [0.15, 0.2) is 97.1 Å². The summed E-state index contributed by atoms with van der Waals surface area (Å²) in [6.45, 7) is 6.93. The first-order valence-electron chi connectivity index (χ1n) is 22.8. The smallest absolute Gasteiger partial charge is 0.178 e. The van der Waals surface area contributed by atoms with Crippen LogP contribution in [0.2, 0.25) is 18.1 Å². The molecule has 2 aliphatic heterocycles. The molecule has 0 radical (unpaired) electrons. The predicted octanol–water partition coefficient (Wildman–Crippen LogP) is 12.8. The molecule has 0 aliphatic carbocycles. The van der Waals surface area contributed by atoms with Crippen LogP contribution >= 0.6 is 0 Å². The third kappa shape index (κ3) is 9.44. The fraction of sp³-hybridized carbons (Fsp3) is 0.360. The summed E-state index contributed by atoms with van der Waals surface area (Å²) in [4.78, 5) is 36.8. The van der Waals surface area contributed by atoms with E-state index in [2.05, 4.69) is 30.7 Å². The molecular weight excluding hydrogens is 785 g/mol. The molecule has 314 valence electrons. The van der Waals surface area contributed by atoms with Crippen LogP contribution in [0.3, 0.4) is 0 Å². The van der Waals surface area contributed by atoms with Gasteiger partial charge >= 0.3 is 0 Å². The van der Waals surface area contributed by atoms with Gasteiger partial charge in [-0.05, 0) is 18.1 Å². The second-order valence-electron chi connectivity index (χ2n) is 16.6. The largest absolute Gasteiger partial charge is 0.463 e. The van der Waals surface area contributed by atoms with E-state index < -0.39 is 8.32 Å². The molecule has 5 heterocycles. The first-order valence-corrected chi connectivity index (χ1v) is 26.1. The van der Waals surface area contributed by atoms with E-state index in [1.54, 1.807) is 0 Å². The van der Waals surface area contributed by atoms with Crippen molar-refractivity contribution in [3.05, 3.63) is 97.1 Å². The van der Waals surface area contributed by atoms with Gasteiger partial charge in [-0.2, -0.15) is 0 Å². The highest BCUT2D eigenvalue weighted by Gasteiger charge is 2.31. The van der Waals surface area contributed by atoms with Gasteiger partial charge in [0.15, 0.2) is 31.6 Å². The van der Waals surface area contributed by atoms with E-state index in [1.165, 1.54) is 95.2 Å². The molecule has 3 aromatic heterocycles. The fourth-order valence-electron chi connectivity index (χ4n) is 8.89. The standard InChI is InChI=1S/C32H18N8.C18H42OSi2/c1-2-10-18-17(9-1)25-33-26(18)38-28-21-13-5-6-14-22(21)30(35-28)40-32-24-16-8-7-15-23(24)31(36-32)39-29-20-12-4-3-11-19(20)27(34-29)37-25;1-4-7-10-13-16-21(19-20,17-14-11-8-5-2)18-15-12-9-6-3/h1-16H,(H2,33,34,35,36,37,38,39,40);4-18H2,1-3,20H3. The highest BCUT2D eigenvalue weighted by Crippen LogP contribution is 2.37. The molecule has 61 heavy (non-hydrogen) atoms. The molecule has 4 aromatic carbocycles. The summed E-state index contributed by atoms with van der Waals surface area (Å²) in [7, 11) is -0.392. The Kier molecular flexibility index (Phi) is 13.9. The molecule has 7 aromatic rings. The quantitative estimate of drug-likeness (QED) is 0.0734. The lowest BCUT2D eigenvalue weighted by molar-refractivity contribution is 0.540. The lowest BCUT2D eigenvalue weighted by Crippen LogP contribution is -2.37. The molecule has 9 rings (SSSR count). The fourth-order valence-corrected chi connectivity index (χ4v) is 14.8. The van der Waals surface area contributed by atoms with E-state index in [4.69, 9.17) is 34.0 Å². The maximum Gasteiger partial charge on any atom is 0.178 e. The molecular formula is C50H60N8OSi2. The van der Waals surface area contributed by atoms with E-state index in [9.17, 15) is 0 Å². The van der Waals surface area contributed by atoms with Gasteiger partial charge in [-0.25, -0.2) is 29.9 Å². The molecule has 0 fully saturated rings. The summed E-state index contributed by atoms with van der Waals surface area (Å²) in [6.07, 6.45) is 16.9. The Balaban J connectivity index is 0.000000210. The monoisotopic (exact) mass is 844 g/mol. The average molecular weight is 845 g/mol. The summed E-state index contributed by atoms with van der Waals surface area (Å²) < 4.78 is 6.36. The third-order valence-electron chi connectivity index (χ3n) is 12.4. The maximum atomic E-state index is 6.36. The Morgan fingerprint density at radius 3 is 0.934 bits per heavy atom. The maximum absolute atomic E-state index is 6.36. The molecule has 0 saturated heterocycles. The molecule has 2 N–H and O–H groups in total. The number of nitrogens with one attached hydrogen (secondary N) is 2. The van der Waals surface area contributed by atoms with Crippen LogP contribution < -0.4 is 0 Å². The number of H-pyrrole nitrogens is 2. The number of fused-ring (bicyclic) bond motifs is 20. The Morgan fingerprint density at radius 1 is 0.393 bits per heavy atom. The molecule has 0 amide bonds. The number of benzene rings is 4. The summed E-state index contributed by atoms with van der Waals surface area (Å²) in [6, 6.07) is 36.6. The third-order valence-corrected chi connectivity index (χ3v) is 19.6. The van der Waals surface area contributed by atoms with Crippen molar-refractivity contribution < 1.29 is 4.12 Å². The van der Waals surface area contributed by atoms with Crippen LogP contribution in [0.4, 0.5) is 0 Å². The van der Waals surface area contributed by atoms with Gasteiger partial charge in [0.25, 0.3) is 0 Å². The Labute approximate surface area is 364 Å². The van der Waals surface area contributed by atoms with Crippen molar-refractivity contribution in [2.45, 2.75) is 116 Å². The second kappa shape index (κ2) is 20.0. The van der Waals surface area contributed by atoms with Crippen LogP contribution in [0.25, 0.3) is 89.7 Å². The predicted molar refractivity (Wildman–Crippen MR) is 260 cm³/mol. The van der Waals surface area contributed by atoms with Gasteiger partial charge < -0.3 is 14.1 Å². The number of aromatic amines is 2. The molecule has 0 unspecified atom stereocenters. The number of hydrogen-bond acceptors (Lipinski definition) is 7. The van der Waals surface area contributed by atoms with Gasteiger partial charge in [-0.15, -0.1) is 0 Å². The normalized spacial score (nSPS) is 12.0. The van der Waals surface area contributed by atoms with Crippen molar-refractivity contribution in [1.29, 1.82) is 0 Å². The summed E-state index contributed by atoms with van der Waals surface area (Å²) in [5.74, 6) is 2.39. The van der Waals surface area contributed by atoms with Crippen molar-refractivity contribution in [1.82, 2.24) is 39.9 Å². The number of rotatable bonds is 16. The second-order valence-corrected chi connectivity index (χ2v) is 22.1. The van der Waals surface area contributed by atoms with Crippen molar-refractivity contribution in [2.24, 2.45) is 0 Å². The van der Waals surface area contributed by atoms with E-state index in [1.807, 2.05) is 97.1 Å². The minimum absolute atomic E-state index is 0.597. The number of unbranched alkanes of at least 4 members (excludes halogenated alkanes) is 9. The Morgan fingerprint density at radius 2 is 0.672 bits per heavy atom. The Hall–Kier alpha value is -5.37. The highest BCUT2D eigenvalue weighted by atomic mass is 28.4. The van der Waals surface area contributed by atoms with Gasteiger partial charge in [0, 0.05) is 43.8 Å². The molecule has 0 atom stereocenters. The SMILES string of the molecule is CCCCCC[Si](CCCCCC)(CCCCCC)O[SiH3].c1ccc2c(c1)-c1nc-2nc2[nH]c(nc3nc(nc4[nH]c(n1)c1ccccc41)-c1ccccc1-3)c1ccccc21. The number of hydrogen-bond donors (Lipinski definition) is 2. The van der Waals surface area contributed by atoms with Gasteiger partial charge in [0.1, 0.15) is 33.1 Å². The van der Waals surface area contributed by atoms with Crippen molar-refractivity contribution in [3.8, 4) is 45.6 Å². The van der Waals surface area contributed by atoms with Crippen LogP contribution in [-0.4, -0.2) is 58.7 Å². The van der Waals surface area contributed by atoms with Gasteiger partial charge in [0.05, 0.1) is 0 Å². The average Bonchev–Trinajstić information content (AvgIpc) is 4.04. The summed E-state index contributed by atoms with van der Waals surface area (Å²) in [5.41, 5.74) is 6.45. The minimum Gasteiger partial charge on any atom is -0.463 e. The minimum atomic E-state index is -1.36. The van der Waals surface area contributed by atoms with Crippen molar-refractivity contribution >= 4 is 62.9 Å².